The van der Waals surface area contributed by atoms with Crippen LogP contribution in [0.4, 0.5) is 5.69 Å². The zero-order valence-corrected chi connectivity index (χ0v) is 15.5. The Labute approximate surface area is 153 Å². The molecule has 0 radical (unpaired) electrons. The lowest BCUT2D eigenvalue weighted by Gasteiger charge is -2.37. The van der Waals surface area contributed by atoms with Crippen LogP contribution in [0, 0.1) is 20.8 Å². The second-order valence-electron chi connectivity index (χ2n) is 6.91. The molecule has 2 heterocycles. The lowest BCUT2D eigenvalue weighted by molar-refractivity contribution is 0.0747. The highest BCUT2D eigenvalue weighted by Crippen LogP contribution is 2.24. The van der Waals surface area contributed by atoms with Crippen molar-refractivity contribution in [2.24, 2.45) is 0 Å². The minimum Gasteiger partial charge on any atom is -0.441 e. The molecule has 0 N–H and O–H groups in total. The number of hydrogen-bond donors (Lipinski definition) is 0. The summed E-state index contributed by atoms with van der Waals surface area (Å²) in [5.41, 5.74) is 6.03. The second kappa shape index (κ2) is 6.48. The summed E-state index contributed by atoms with van der Waals surface area (Å²) in [6, 6.07) is 11.9. The third-order valence-electron chi connectivity index (χ3n) is 5.23. The Hall–Kier alpha value is -2.82. The van der Waals surface area contributed by atoms with Gasteiger partial charge in [-0.05, 0) is 49.2 Å². The van der Waals surface area contributed by atoms with Crippen molar-refractivity contribution in [2.45, 2.75) is 20.8 Å². The van der Waals surface area contributed by atoms with Crippen LogP contribution < -0.4 is 4.90 Å². The largest absolute Gasteiger partial charge is 0.441 e. The van der Waals surface area contributed by atoms with E-state index in [-0.39, 0.29) is 5.91 Å². The molecule has 1 aromatic heterocycles. The average Bonchev–Trinajstić information content (AvgIpc) is 3.03. The molecular weight excluding hydrogens is 326 g/mol. The first kappa shape index (κ1) is 16.6. The van der Waals surface area contributed by atoms with E-state index in [1.165, 1.54) is 16.8 Å². The van der Waals surface area contributed by atoms with Gasteiger partial charge in [-0.15, -0.1) is 0 Å². The van der Waals surface area contributed by atoms with Crippen molar-refractivity contribution in [1.29, 1.82) is 0 Å². The van der Waals surface area contributed by atoms with Crippen molar-refractivity contribution in [3.8, 4) is 0 Å². The van der Waals surface area contributed by atoms with E-state index in [0.29, 0.717) is 11.5 Å². The van der Waals surface area contributed by atoms with Crippen LogP contribution in [0.2, 0.25) is 0 Å². The number of nitrogens with zero attached hydrogens (tertiary/aromatic N) is 3. The summed E-state index contributed by atoms with van der Waals surface area (Å²) >= 11 is 0. The maximum Gasteiger partial charge on any atom is 0.254 e. The monoisotopic (exact) mass is 349 g/mol. The van der Waals surface area contributed by atoms with Crippen LogP contribution in [0.25, 0.3) is 11.1 Å². The van der Waals surface area contributed by atoms with Crippen molar-refractivity contribution in [2.75, 3.05) is 31.1 Å². The van der Waals surface area contributed by atoms with Gasteiger partial charge in [0.2, 0.25) is 0 Å². The molecule has 1 saturated heterocycles. The molecule has 4 rings (SSSR count). The Balaban J connectivity index is 1.48. The molecule has 5 heteroatoms. The number of carbonyl (C=O) groups is 1. The number of piperazine rings is 1. The van der Waals surface area contributed by atoms with Gasteiger partial charge in [-0.3, -0.25) is 4.79 Å². The van der Waals surface area contributed by atoms with Crippen LogP contribution >= 0.6 is 0 Å². The first-order chi connectivity index (χ1) is 12.5. The van der Waals surface area contributed by atoms with Gasteiger partial charge in [0.1, 0.15) is 5.52 Å². The zero-order chi connectivity index (χ0) is 18.3. The van der Waals surface area contributed by atoms with Gasteiger partial charge in [0.15, 0.2) is 11.5 Å². The van der Waals surface area contributed by atoms with Crippen LogP contribution in [0.3, 0.4) is 0 Å². The number of oxazole rings is 1. The molecule has 0 unspecified atom stereocenters. The van der Waals surface area contributed by atoms with Gasteiger partial charge in [-0.2, -0.15) is 0 Å². The normalized spacial score (nSPS) is 14.9. The van der Waals surface area contributed by atoms with Crippen LogP contribution in [-0.2, 0) is 0 Å². The highest BCUT2D eigenvalue weighted by molar-refractivity contribution is 5.97. The van der Waals surface area contributed by atoms with Gasteiger partial charge in [0.25, 0.3) is 5.91 Å². The van der Waals surface area contributed by atoms with E-state index in [4.69, 9.17) is 4.42 Å². The van der Waals surface area contributed by atoms with E-state index in [0.717, 1.165) is 37.3 Å². The zero-order valence-electron chi connectivity index (χ0n) is 15.5. The van der Waals surface area contributed by atoms with E-state index >= 15 is 0 Å². The molecule has 5 nitrogen and oxygen atoms in total. The van der Waals surface area contributed by atoms with E-state index in [9.17, 15) is 4.79 Å². The van der Waals surface area contributed by atoms with Gasteiger partial charge >= 0.3 is 0 Å². The summed E-state index contributed by atoms with van der Waals surface area (Å²) < 4.78 is 5.49. The smallest absolute Gasteiger partial charge is 0.254 e. The molecular formula is C21H23N3O2. The topological polar surface area (TPSA) is 49.6 Å². The van der Waals surface area contributed by atoms with Gasteiger partial charge < -0.3 is 14.2 Å². The molecule has 26 heavy (non-hydrogen) atoms. The van der Waals surface area contributed by atoms with Crippen molar-refractivity contribution >= 4 is 22.7 Å². The van der Waals surface area contributed by atoms with Gasteiger partial charge in [-0.1, -0.05) is 12.1 Å². The van der Waals surface area contributed by atoms with Crippen molar-refractivity contribution in [3.63, 3.8) is 0 Å². The molecule has 0 spiro atoms. The SMILES string of the molecule is Cc1nc2cc(C(=O)N3CCN(c4cccc(C)c4C)CC3)ccc2o1. The molecule has 134 valence electrons. The van der Waals surface area contributed by atoms with Gasteiger partial charge in [-0.25, -0.2) is 4.98 Å². The van der Waals surface area contributed by atoms with Crippen LogP contribution in [-0.4, -0.2) is 42.0 Å². The number of aromatic nitrogens is 1. The number of carbonyl (C=O) groups excluding carboxylic acids is 1. The van der Waals surface area contributed by atoms with Crippen molar-refractivity contribution in [3.05, 3.63) is 59.0 Å². The predicted molar refractivity (Wildman–Crippen MR) is 103 cm³/mol. The number of benzene rings is 2. The summed E-state index contributed by atoms with van der Waals surface area (Å²) in [5, 5.41) is 0. The molecule has 0 bridgehead atoms. The van der Waals surface area contributed by atoms with Crippen LogP contribution in [0.5, 0.6) is 0 Å². The Morgan fingerprint density at radius 1 is 1.04 bits per heavy atom. The van der Waals surface area contributed by atoms with Gasteiger partial charge in [0, 0.05) is 44.4 Å². The van der Waals surface area contributed by atoms with E-state index in [2.05, 4.69) is 41.9 Å². The maximum absolute atomic E-state index is 12.9. The quantitative estimate of drug-likeness (QED) is 0.708. The van der Waals surface area contributed by atoms with Crippen LogP contribution in [0.1, 0.15) is 27.4 Å². The molecule has 1 aliphatic heterocycles. The first-order valence-electron chi connectivity index (χ1n) is 9.00. The number of hydrogen-bond acceptors (Lipinski definition) is 4. The summed E-state index contributed by atoms with van der Waals surface area (Å²) in [5.74, 6) is 0.680. The number of fused-ring (bicyclic) bond motifs is 1. The summed E-state index contributed by atoms with van der Waals surface area (Å²) in [7, 11) is 0. The lowest BCUT2D eigenvalue weighted by Crippen LogP contribution is -2.49. The highest BCUT2D eigenvalue weighted by atomic mass is 16.3. The fourth-order valence-corrected chi connectivity index (χ4v) is 3.59. The summed E-state index contributed by atoms with van der Waals surface area (Å²) in [6.45, 7) is 9.26. The average molecular weight is 349 g/mol. The second-order valence-corrected chi connectivity index (χ2v) is 6.91. The number of amides is 1. The summed E-state index contributed by atoms with van der Waals surface area (Å²) in [6.07, 6.45) is 0. The molecule has 0 aliphatic carbocycles. The third kappa shape index (κ3) is 2.94. The lowest BCUT2D eigenvalue weighted by atomic mass is 10.1. The van der Waals surface area contributed by atoms with E-state index < -0.39 is 0 Å². The first-order valence-corrected chi connectivity index (χ1v) is 9.00. The minimum absolute atomic E-state index is 0.0631. The summed E-state index contributed by atoms with van der Waals surface area (Å²) in [4.78, 5) is 21.5. The third-order valence-corrected chi connectivity index (χ3v) is 5.23. The standard InChI is InChI=1S/C21H23N3O2/c1-14-5-4-6-19(15(14)2)23-9-11-24(12-10-23)21(25)17-7-8-20-18(13-17)22-16(3)26-20/h4-8,13H,9-12H2,1-3H3. The fraction of sp³-hybridized carbons (Fsp3) is 0.333. The van der Waals surface area contributed by atoms with Gasteiger partial charge in [0.05, 0.1) is 0 Å². The predicted octanol–water partition coefficient (Wildman–Crippen LogP) is 3.72. The Bertz CT molecular complexity index is 969. The van der Waals surface area contributed by atoms with E-state index in [1.807, 2.05) is 30.0 Å². The number of aryl methyl sites for hydroxylation is 2. The Kier molecular flexibility index (Phi) is 4.15. The minimum atomic E-state index is 0.0631. The molecule has 1 amide bonds. The fourth-order valence-electron chi connectivity index (χ4n) is 3.59. The molecule has 0 atom stereocenters. The van der Waals surface area contributed by atoms with Crippen molar-refractivity contribution < 1.29 is 9.21 Å². The van der Waals surface area contributed by atoms with Crippen molar-refractivity contribution in [1.82, 2.24) is 9.88 Å². The van der Waals surface area contributed by atoms with E-state index in [1.54, 1.807) is 0 Å². The molecule has 2 aromatic carbocycles. The highest BCUT2D eigenvalue weighted by Gasteiger charge is 2.23. The molecule has 3 aromatic rings. The molecule has 1 fully saturated rings. The Morgan fingerprint density at radius 2 is 1.81 bits per heavy atom. The molecule has 1 aliphatic rings. The maximum atomic E-state index is 12.9. The number of rotatable bonds is 2. The Morgan fingerprint density at radius 3 is 2.58 bits per heavy atom. The number of anilines is 1. The van der Waals surface area contributed by atoms with Crippen LogP contribution in [0.15, 0.2) is 40.8 Å². The molecule has 0 saturated carbocycles.